The van der Waals surface area contributed by atoms with Crippen molar-refractivity contribution in [2.45, 2.75) is 24.9 Å². The Bertz CT molecular complexity index is 1180. The second-order valence-corrected chi connectivity index (χ2v) is 8.35. The average Bonchev–Trinajstić information content (AvgIpc) is 2.83. The summed E-state index contributed by atoms with van der Waals surface area (Å²) >= 11 is 0. The lowest BCUT2D eigenvalue weighted by Crippen LogP contribution is -2.63. The number of likely N-dealkylation sites (tertiary alicyclic amines) is 1. The van der Waals surface area contributed by atoms with Crippen LogP contribution in [0.25, 0.3) is 0 Å². The molecule has 1 fully saturated rings. The molecular formula is C25H25FN6O. The van der Waals surface area contributed by atoms with Crippen LogP contribution in [0.2, 0.25) is 0 Å². The maximum absolute atomic E-state index is 13.6. The maximum Gasteiger partial charge on any atom is 0.321 e. The molecule has 2 amide bonds. The van der Waals surface area contributed by atoms with Gasteiger partial charge in [-0.3, -0.25) is 4.99 Å². The van der Waals surface area contributed by atoms with Gasteiger partial charge in [-0.15, -0.1) is 0 Å². The Morgan fingerprint density at radius 2 is 2.03 bits per heavy atom. The van der Waals surface area contributed by atoms with Crippen LogP contribution in [0.3, 0.4) is 0 Å². The Hall–Kier alpha value is -3.94. The van der Waals surface area contributed by atoms with E-state index in [1.807, 2.05) is 42.5 Å². The van der Waals surface area contributed by atoms with E-state index in [2.05, 4.69) is 20.9 Å². The molecule has 0 aliphatic carbocycles. The normalized spacial score (nSPS) is 20.6. The van der Waals surface area contributed by atoms with Crippen molar-refractivity contribution in [1.82, 2.24) is 9.88 Å². The van der Waals surface area contributed by atoms with Gasteiger partial charge in [-0.2, -0.15) is 0 Å². The molecule has 1 aromatic heterocycles. The molecule has 168 valence electrons. The lowest BCUT2D eigenvalue weighted by molar-refractivity contribution is 0.187. The van der Waals surface area contributed by atoms with Gasteiger partial charge in [0.25, 0.3) is 0 Å². The Kier molecular flexibility index (Phi) is 5.64. The molecule has 0 bridgehead atoms. The topological polar surface area (TPSA) is 81.7 Å². The van der Waals surface area contributed by atoms with Crippen molar-refractivity contribution in [2.24, 2.45) is 4.99 Å². The van der Waals surface area contributed by atoms with Crippen molar-refractivity contribution in [1.29, 1.82) is 0 Å². The quantitative estimate of drug-likeness (QED) is 0.546. The van der Waals surface area contributed by atoms with Gasteiger partial charge in [-0.1, -0.05) is 36.4 Å². The molecule has 8 heteroatoms. The number of hydrogen-bond donors (Lipinski definition) is 3. The highest BCUT2D eigenvalue weighted by Crippen LogP contribution is 2.35. The first-order chi connectivity index (χ1) is 16.1. The van der Waals surface area contributed by atoms with E-state index in [1.54, 1.807) is 23.2 Å². The fourth-order valence-corrected chi connectivity index (χ4v) is 4.39. The first-order valence-electron chi connectivity index (χ1n) is 11.0. The van der Waals surface area contributed by atoms with E-state index in [1.165, 1.54) is 12.1 Å². The molecule has 2 aromatic carbocycles. The van der Waals surface area contributed by atoms with Crippen LogP contribution >= 0.6 is 0 Å². The standard InChI is InChI=1S/C25H25FN6O/c26-19-9-4-10-20(15-19)29-24(33)32-14-6-12-25(17-32)23(28-16-18-7-2-1-3-8-18)30-22-21(31-25)11-5-13-27-22/h1-5,7-11,13,15,31H,6,12,14,16-17H2,(H,29,33)(H,27,28,30)/t25-/m1/s1. The number of nitrogens with one attached hydrogen (secondary N) is 3. The molecule has 1 atom stereocenters. The zero-order chi connectivity index (χ0) is 22.7. The minimum absolute atomic E-state index is 0.263. The summed E-state index contributed by atoms with van der Waals surface area (Å²) in [6, 6.07) is 19.6. The number of aromatic nitrogens is 1. The number of amidine groups is 1. The van der Waals surface area contributed by atoms with E-state index in [4.69, 9.17) is 4.99 Å². The lowest BCUT2D eigenvalue weighted by Gasteiger charge is -2.46. The number of benzene rings is 2. The first kappa shape index (κ1) is 20.9. The van der Waals surface area contributed by atoms with Crippen LogP contribution in [0.1, 0.15) is 18.4 Å². The fourth-order valence-electron chi connectivity index (χ4n) is 4.39. The van der Waals surface area contributed by atoms with Crippen LogP contribution in [-0.2, 0) is 6.54 Å². The number of rotatable bonds is 3. The van der Waals surface area contributed by atoms with Crippen LogP contribution in [0.4, 0.5) is 26.4 Å². The molecule has 5 rings (SSSR count). The summed E-state index contributed by atoms with van der Waals surface area (Å²) in [6.45, 7) is 1.55. The van der Waals surface area contributed by atoms with Gasteiger partial charge in [0.1, 0.15) is 17.2 Å². The second-order valence-electron chi connectivity index (χ2n) is 8.35. The highest BCUT2D eigenvalue weighted by molar-refractivity contribution is 6.09. The molecule has 3 aromatic rings. The van der Waals surface area contributed by atoms with Crippen molar-refractivity contribution in [3.05, 3.63) is 84.3 Å². The summed E-state index contributed by atoms with van der Waals surface area (Å²) < 4.78 is 13.6. The number of fused-ring (bicyclic) bond motifs is 1. The third-order valence-electron chi connectivity index (χ3n) is 5.99. The minimum Gasteiger partial charge on any atom is -0.368 e. The molecule has 2 aliphatic heterocycles. The van der Waals surface area contributed by atoms with Crippen molar-refractivity contribution >= 4 is 29.1 Å². The minimum atomic E-state index is -0.567. The highest BCUT2D eigenvalue weighted by Gasteiger charge is 2.44. The van der Waals surface area contributed by atoms with Crippen molar-refractivity contribution < 1.29 is 9.18 Å². The third-order valence-corrected chi connectivity index (χ3v) is 5.99. The molecule has 0 radical (unpaired) electrons. The van der Waals surface area contributed by atoms with Crippen molar-refractivity contribution in [2.75, 3.05) is 29.0 Å². The largest absolute Gasteiger partial charge is 0.368 e. The molecular weight excluding hydrogens is 419 g/mol. The maximum atomic E-state index is 13.6. The van der Waals surface area contributed by atoms with Gasteiger partial charge in [0.2, 0.25) is 0 Å². The molecule has 7 nitrogen and oxygen atoms in total. The van der Waals surface area contributed by atoms with Gasteiger partial charge in [0.05, 0.1) is 18.8 Å². The summed E-state index contributed by atoms with van der Waals surface area (Å²) in [4.78, 5) is 24.1. The van der Waals surface area contributed by atoms with Gasteiger partial charge in [-0.25, -0.2) is 14.2 Å². The lowest BCUT2D eigenvalue weighted by atomic mass is 9.85. The molecule has 3 heterocycles. The van der Waals surface area contributed by atoms with E-state index in [9.17, 15) is 9.18 Å². The number of aliphatic imine (C=N–C) groups is 1. The summed E-state index contributed by atoms with van der Waals surface area (Å²) in [5.41, 5.74) is 1.85. The molecule has 0 unspecified atom stereocenters. The zero-order valence-electron chi connectivity index (χ0n) is 18.1. The van der Waals surface area contributed by atoms with E-state index in [0.29, 0.717) is 25.3 Å². The van der Waals surface area contributed by atoms with Gasteiger partial charge in [-0.05, 0) is 48.7 Å². The van der Waals surface area contributed by atoms with Crippen LogP contribution in [0.5, 0.6) is 0 Å². The molecule has 3 N–H and O–H groups in total. The predicted molar refractivity (Wildman–Crippen MR) is 128 cm³/mol. The number of piperidine rings is 1. The van der Waals surface area contributed by atoms with Crippen LogP contribution < -0.4 is 16.0 Å². The number of carbonyl (C=O) groups excluding carboxylic acids is 1. The smallest absolute Gasteiger partial charge is 0.321 e. The van der Waals surface area contributed by atoms with Crippen LogP contribution in [0, 0.1) is 5.82 Å². The summed E-state index contributed by atoms with van der Waals surface area (Å²) in [6.07, 6.45) is 3.34. The van der Waals surface area contributed by atoms with Gasteiger partial charge >= 0.3 is 6.03 Å². The number of halogens is 1. The Morgan fingerprint density at radius 1 is 1.15 bits per heavy atom. The first-order valence-corrected chi connectivity index (χ1v) is 11.0. The molecule has 0 saturated carbocycles. The van der Waals surface area contributed by atoms with Crippen LogP contribution in [-0.4, -0.2) is 40.4 Å². The summed E-state index contributed by atoms with van der Waals surface area (Å²) in [5, 5.41) is 9.84. The van der Waals surface area contributed by atoms with Gasteiger partial charge < -0.3 is 20.9 Å². The summed E-state index contributed by atoms with van der Waals surface area (Å²) in [7, 11) is 0. The number of nitrogens with zero attached hydrogens (tertiary/aromatic N) is 3. The number of anilines is 3. The number of urea groups is 1. The second kappa shape index (κ2) is 8.90. The van der Waals surface area contributed by atoms with Gasteiger partial charge in [0.15, 0.2) is 5.82 Å². The van der Waals surface area contributed by atoms with E-state index < -0.39 is 5.54 Å². The Balaban J connectivity index is 1.42. The SMILES string of the molecule is O=C(Nc1cccc(F)c1)N1CCC[C@]2(C1)Nc1cccnc1NC2=NCc1ccccc1. The van der Waals surface area contributed by atoms with Crippen LogP contribution in [0.15, 0.2) is 77.9 Å². The molecule has 33 heavy (non-hydrogen) atoms. The van der Waals surface area contributed by atoms with E-state index >= 15 is 0 Å². The fraction of sp³-hybridized carbons (Fsp3) is 0.240. The number of pyridine rings is 1. The molecule has 1 saturated heterocycles. The average molecular weight is 445 g/mol. The zero-order valence-corrected chi connectivity index (χ0v) is 18.1. The van der Waals surface area contributed by atoms with Crippen molar-refractivity contribution in [3.63, 3.8) is 0 Å². The Morgan fingerprint density at radius 3 is 2.88 bits per heavy atom. The highest BCUT2D eigenvalue weighted by atomic mass is 19.1. The van der Waals surface area contributed by atoms with Crippen molar-refractivity contribution in [3.8, 4) is 0 Å². The molecule has 2 aliphatic rings. The van der Waals surface area contributed by atoms with E-state index in [-0.39, 0.29) is 11.8 Å². The number of hydrogen-bond acceptors (Lipinski definition) is 4. The third kappa shape index (κ3) is 4.50. The van der Waals surface area contributed by atoms with E-state index in [0.717, 1.165) is 35.7 Å². The number of carbonyl (C=O) groups is 1. The monoisotopic (exact) mass is 444 g/mol. The van der Waals surface area contributed by atoms with Gasteiger partial charge in [0, 0.05) is 18.4 Å². The number of amides is 2. The predicted octanol–water partition coefficient (Wildman–Crippen LogP) is 4.72. The summed E-state index contributed by atoms with van der Waals surface area (Å²) in [5.74, 6) is 1.09. The Labute approximate surface area is 191 Å². The molecule has 1 spiro atoms.